The summed E-state index contributed by atoms with van der Waals surface area (Å²) < 4.78 is 5.45. The fraction of sp³-hybridized carbons (Fsp3) is 0.267. The summed E-state index contributed by atoms with van der Waals surface area (Å²) in [5.41, 5.74) is 2.39. The highest BCUT2D eigenvalue weighted by molar-refractivity contribution is 7.13. The largest absolute Gasteiger partial charge is 0.469 e. The number of thiazole rings is 1. The van der Waals surface area contributed by atoms with Crippen LogP contribution < -0.4 is 10.6 Å². The molecule has 1 aliphatic rings. The molecular formula is C15H15N5O2S. The third-order valence-electron chi connectivity index (χ3n) is 3.89. The Balaban J connectivity index is 1.47. The molecule has 7 nitrogen and oxygen atoms in total. The van der Waals surface area contributed by atoms with Gasteiger partial charge in [0.2, 0.25) is 0 Å². The molecule has 2 amide bonds. The van der Waals surface area contributed by atoms with E-state index in [1.54, 1.807) is 18.7 Å². The predicted octanol–water partition coefficient (Wildman–Crippen LogP) is 3.33. The Morgan fingerprint density at radius 2 is 2.43 bits per heavy atom. The van der Waals surface area contributed by atoms with Crippen molar-refractivity contribution in [3.8, 4) is 10.7 Å². The minimum absolute atomic E-state index is 0.0206. The van der Waals surface area contributed by atoms with Crippen molar-refractivity contribution in [2.24, 2.45) is 0 Å². The van der Waals surface area contributed by atoms with Crippen LogP contribution in [0.1, 0.15) is 30.2 Å². The maximum absolute atomic E-state index is 12.3. The smallest absolute Gasteiger partial charge is 0.319 e. The molecule has 118 valence electrons. The van der Waals surface area contributed by atoms with E-state index in [0.717, 1.165) is 35.6 Å². The summed E-state index contributed by atoms with van der Waals surface area (Å²) in [4.78, 5) is 16.5. The molecule has 3 aromatic rings. The van der Waals surface area contributed by atoms with Crippen LogP contribution in [0.2, 0.25) is 0 Å². The van der Waals surface area contributed by atoms with Crippen LogP contribution in [0.5, 0.6) is 0 Å². The zero-order chi connectivity index (χ0) is 15.6. The van der Waals surface area contributed by atoms with Gasteiger partial charge in [-0.3, -0.25) is 5.10 Å². The van der Waals surface area contributed by atoms with Crippen molar-refractivity contribution in [2.45, 2.75) is 25.3 Å². The van der Waals surface area contributed by atoms with Gasteiger partial charge in [-0.2, -0.15) is 5.10 Å². The lowest BCUT2D eigenvalue weighted by Crippen LogP contribution is -2.34. The number of fused-ring (bicyclic) bond motifs is 1. The Hall–Kier alpha value is -2.61. The highest BCUT2D eigenvalue weighted by atomic mass is 32.1. The van der Waals surface area contributed by atoms with E-state index in [1.807, 2.05) is 11.4 Å². The van der Waals surface area contributed by atoms with Crippen LogP contribution in [0, 0.1) is 0 Å². The normalized spacial score (nSPS) is 16.8. The first-order valence-electron chi connectivity index (χ1n) is 7.38. The van der Waals surface area contributed by atoms with Crippen LogP contribution >= 0.6 is 11.3 Å². The van der Waals surface area contributed by atoms with Crippen LogP contribution in [0.25, 0.3) is 10.7 Å². The van der Waals surface area contributed by atoms with Crippen LogP contribution in [-0.2, 0) is 6.42 Å². The summed E-state index contributed by atoms with van der Waals surface area (Å²) in [7, 11) is 0. The number of urea groups is 1. The number of carbonyl (C=O) groups excluding carboxylic acids is 1. The van der Waals surface area contributed by atoms with Crippen LogP contribution in [0.3, 0.4) is 0 Å². The Bertz CT molecular complexity index is 808. The summed E-state index contributed by atoms with van der Waals surface area (Å²) in [6, 6.07) is 1.65. The average molecular weight is 329 g/mol. The average Bonchev–Trinajstić information content (AvgIpc) is 3.28. The van der Waals surface area contributed by atoms with Crippen molar-refractivity contribution in [3.05, 3.63) is 41.4 Å². The summed E-state index contributed by atoms with van der Waals surface area (Å²) >= 11 is 1.48. The lowest BCUT2D eigenvalue weighted by atomic mass is 9.93. The van der Waals surface area contributed by atoms with E-state index in [-0.39, 0.29) is 12.1 Å². The molecule has 0 unspecified atom stereocenters. The van der Waals surface area contributed by atoms with Crippen LogP contribution in [0.15, 0.2) is 34.5 Å². The van der Waals surface area contributed by atoms with E-state index in [2.05, 4.69) is 25.8 Å². The molecule has 0 fully saturated rings. The number of aromatic amines is 1. The first kappa shape index (κ1) is 14.0. The van der Waals surface area contributed by atoms with Crippen molar-refractivity contribution in [1.82, 2.24) is 20.5 Å². The number of furan rings is 1. The zero-order valence-corrected chi connectivity index (χ0v) is 13.0. The number of hydrogen-bond donors (Lipinski definition) is 3. The molecule has 4 rings (SSSR count). The Kier molecular flexibility index (Phi) is 3.58. The topological polar surface area (TPSA) is 95.8 Å². The van der Waals surface area contributed by atoms with Gasteiger partial charge in [-0.05, 0) is 18.9 Å². The SMILES string of the molecule is O=C(Nc1cn[nH]c1-c1nccs1)N[C@@H]1CCCc2occc21. The number of carbonyl (C=O) groups is 1. The Morgan fingerprint density at radius 3 is 3.30 bits per heavy atom. The fourth-order valence-electron chi connectivity index (χ4n) is 2.84. The molecular weight excluding hydrogens is 314 g/mol. The van der Waals surface area contributed by atoms with Crippen molar-refractivity contribution in [2.75, 3.05) is 5.32 Å². The van der Waals surface area contributed by atoms with Gasteiger partial charge in [0.25, 0.3) is 0 Å². The molecule has 3 heterocycles. The first-order chi connectivity index (χ1) is 11.3. The second kappa shape index (κ2) is 5.88. The highest BCUT2D eigenvalue weighted by Gasteiger charge is 2.24. The molecule has 3 aromatic heterocycles. The van der Waals surface area contributed by atoms with Crippen molar-refractivity contribution < 1.29 is 9.21 Å². The van der Waals surface area contributed by atoms with Gasteiger partial charge in [-0.25, -0.2) is 9.78 Å². The number of anilines is 1. The number of aryl methyl sites for hydroxylation is 1. The maximum atomic E-state index is 12.3. The summed E-state index contributed by atoms with van der Waals surface area (Å²) in [6.45, 7) is 0. The summed E-state index contributed by atoms with van der Waals surface area (Å²) in [6.07, 6.45) is 7.82. The first-order valence-corrected chi connectivity index (χ1v) is 8.26. The van der Waals surface area contributed by atoms with E-state index in [1.165, 1.54) is 11.3 Å². The maximum Gasteiger partial charge on any atom is 0.319 e. The Labute approximate surface area is 136 Å². The number of rotatable bonds is 3. The number of H-pyrrole nitrogens is 1. The number of aromatic nitrogens is 3. The van der Waals surface area contributed by atoms with Crippen molar-refractivity contribution in [1.29, 1.82) is 0 Å². The number of hydrogen-bond acceptors (Lipinski definition) is 5. The molecule has 3 N–H and O–H groups in total. The standard InChI is InChI=1S/C15H15N5O2S/c21-15(18-10-2-1-3-12-9(10)4-6-22-12)19-11-8-17-20-13(11)14-16-5-7-23-14/h4-8,10H,1-3H2,(H,17,20)(H2,18,19,21)/t10-/m1/s1. The number of nitrogens with zero attached hydrogens (tertiary/aromatic N) is 2. The van der Waals surface area contributed by atoms with E-state index in [9.17, 15) is 4.79 Å². The van der Waals surface area contributed by atoms with Gasteiger partial charge in [0.15, 0.2) is 0 Å². The second-order valence-electron chi connectivity index (χ2n) is 5.34. The van der Waals surface area contributed by atoms with Gasteiger partial charge >= 0.3 is 6.03 Å². The molecule has 0 spiro atoms. The minimum atomic E-state index is -0.261. The van der Waals surface area contributed by atoms with Gasteiger partial charge in [0.05, 0.1) is 24.2 Å². The molecule has 1 atom stereocenters. The van der Waals surface area contributed by atoms with E-state index in [0.29, 0.717) is 11.4 Å². The number of nitrogens with one attached hydrogen (secondary N) is 3. The third-order valence-corrected chi connectivity index (χ3v) is 4.68. The van der Waals surface area contributed by atoms with Gasteiger partial charge in [0.1, 0.15) is 16.5 Å². The molecule has 8 heteroatoms. The molecule has 0 aromatic carbocycles. The predicted molar refractivity (Wildman–Crippen MR) is 86.2 cm³/mol. The van der Waals surface area contributed by atoms with Crippen molar-refractivity contribution >= 4 is 23.1 Å². The van der Waals surface area contributed by atoms with E-state index in [4.69, 9.17) is 4.42 Å². The van der Waals surface area contributed by atoms with Gasteiger partial charge in [-0.15, -0.1) is 11.3 Å². The quantitative estimate of drug-likeness (QED) is 0.687. The fourth-order valence-corrected chi connectivity index (χ4v) is 3.49. The van der Waals surface area contributed by atoms with Crippen LogP contribution in [-0.4, -0.2) is 21.2 Å². The molecule has 0 bridgehead atoms. The monoisotopic (exact) mass is 329 g/mol. The highest BCUT2D eigenvalue weighted by Crippen LogP contribution is 2.31. The molecule has 23 heavy (non-hydrogen) atoms. The molecule has 1 aliphatic carbocycles. The molecule has 0 saturated carbocycles. The molecule has 0 saturated heterocycles. The van der Waals surface area contributed by atoms with Gasteiger partial charge in [0, 0.05) is 23.6 Å². The summed E-state index contributed by atoms with van der Waals surface area (Å²) in [5, 5.41) is 15.4. The van der Waals surface area contributed by atoms with Crippen molar-refractivity contribution in [3.63, 3.8) is 0 Å². The number of amides is 2. The van der Waals surface area contributed by atoms with Crippen LogP contribution in [0.4, 0.5) is 10.5 Å². The zero-order valence-electron chi connectivity index (χ0n) is 12.2. The van der Waals surface area contributed by atoms with Gasteiger partial charge < -0.3 is 15.1 Å². The molecule has 0 aliphatic heterocycles. The second-order valence-corrected chi connectivity index (χ2v) is 6.23. The minimum Gasteiger partial charge on any atom is -0.469 e. The van der Waals surface area contributed by atoms with E-state index < -0.39 is 0 Å². The summed E-state index contributed by atoms with van der Waals surface area (Å²) in [5.74, 6) is 0.966. The molecule has 0 radical (unpaired) electrons. The Morgan fingerprint density at radius 1 is 1.48 bits per heavy atom. The lowest BCUT2D eigenvalue weighted by Gasteiger charge is -2.22. The lowest BCUT2D eigenvalue weighted by molar-refractivity contribution is 0.246. The third kappa shape index (κ3) is 2.72. The van der Waals surface area contributed by atoms with E-state index >= 15 is 0 Å². The van der Waals surface area contributed by atoms with Gasteiger partial charge in [-0.1, -0.05) is 0 Å².